The highest BCUT2D eigenvalue weighted by atomic mass is 32.2. The SMILES string of the molecule is COc1c(C(C)(C)C)cc(N2CCC(=O)NC2=O)c(F)c1-c1nc2cc(NS(C)(=O)=O)ccc2o1. The summed E-state index contributed by atoms with van der Waals surface area (Å²) in [6.45, 7) is 5.73. The third-order valence-corrected chi connectivity index (χ3v) is 6.07. The average Bonchev–Trinajstić information content (AvgIpc) is 3.14. The predicted molar refractivity (Wildman–Crippen MR) is 129 cm³/mol. The number of anilines is 2. The maximum Gasteiger partial charge on any atom is 0.328 e. The van der Waals surface area contributed by atoms with E-state index in [0.29, 0.717) is 16.7 Å². The number of hydrogen-bond donors (Lipinski definition) is 2. The molecule has 3 aromatic rings. The number of carbonyl (C=O) groups is 2. The molecule has 4 rings (SSSR count). The Kier molecular flexibility index (Phi) is 5.95. The number of aromatic nitrogens is 1. The first-order valence-corrected chi connectivity index (χ1v) is 12.6. The molecule has 2 heterocycles. The lowest BCUT2D eigenvalue weighted by molar-refractivity contribution is -0.120. The number of benzene rings is 2. The van der Waals surface area contributed by atoms with Gasteiger partial charge in [0.05, 0.1) is 24.7 Å². The van der Waals surface area contributed by atoms with Gasteiger partial charge in [-0.1, -0.05) is 20.8 Å². The second kappa shape index (κ2) is 8.52. The minimum atomic E-state index is -3.51. The molecule has 1 aromatic heterocycles. The van der Waals surface area contributed by atoms with E-state index in [1.54, 1.807) is 0 Å². The van der Waals surface area contributed by atoms with Gasteiger partial charge in [-0.15, -0.1) is 0 Å². The Morgan fingerprint density at radius 1 is 1.23 bits per heavy atom. The van der Waals surface area contributed by atoms with Gasteiger partial charge < -0.3 is 9.15 Å². The van der Waals surface area contributed by atoms with Crippen LogP contribution in [0.4, 0.5) is 20.6 Å². The smallest absolute Gasteiger partial charge is 0.328 e. The second-order valence-corrected chi connectivity index (χ2v) is 11.0. The summed E-state index contributed by atoms with van der Waals surface area (Å²) in [5.41, 5.74) is 0.793. The molecule has 1 aliphatic heterocycles. The van der Waals surface area contributed by atoms with Gasteiger partial charge in [0, 0.05) is 18.5 Å². The summed E-state index contributed by atoms with van der Waals surface area (Å²) >= 11 is 0. The quantitative estimate of drug-likeness (QED) is 0.541. The molecule has 186 valence electrons. The molecule has 1 aliphatic rings. The van der Waals surface area contributed by atoms with Crippen LogP contribution in [0.2, 0.25) is 0 Å². The van der Waals surface area contributed by atoms with Crippen molar-refractivity contribution in [3.8, 4) is 17.2 Å². The molecule has 1 saturated heterocycles. The Bertz CT molecular complexity index is 1460. The van der Waals surface area contributed by atoms with E-state index in [2.05, 4.69) is 15.0 Å². The Morgan fingerprint density at radius 2 is 1.94 bits per heavy atom. The number of ether oxygens (including phenoxy) is 1. The molecule has 35 heavy (non-hydrogen) atoms. The van der Waals surface area contributed by atoms with Crippen molar-refractivity contribution in [3.05, 3.63) is 35.6 Å². The third-order valence-electron chi connectivity index (χ3n) is 5.46. The molecule has 1 fully saturated rings. The van der Waals surface area contributed by atoms with Gasteiger partial charge in [0.25, 0.3) is 0 Å². The largest absolute Gasteiger partial charge is 0.495 e. The molecule has 2 aromatic carbocycles. The van der Waals surface area contributed by atoms with E-state index in [4.69, 9.17) is 9.15 Å². The molecule has 12 heteroatoms. The van der Waals surface area contributed by atoms with E-state index >= 15 is 4.39 Å². The van der Waals surface area contributed by atoms with E-state index in [0.717, 1.165) is 11.2 Å². The van der Waals surface area contributed by atoms with Crippen LogP contribution in [-0.4, -0.2) is 45.3 Å². The van der Waals surface area contributed by atoms with E-state index in [1.807, 2.05) is 20.8 Å². The number of fused-ring (bicyclic) bond motifs is 1. The summed E-state index contributed by atoms with van der Waals surface area (Å²) in [6.07, 6.45) is 1.05. The number of imide groups is 1. The van der Waals surface area contributed by atoms with Crippen molar-refractivity contribution in [1.29, 1.82) is 0 Å². The van der Waals surface area contributed by atoms with Gasteiger partial charge in [0.15, 0.2) is 11.4 Å². The lowest BCUT2D eigenvalue weighted by Gasteiger charge is -2.30. The monoisotopic (exact) mass is 504 g/mol. The zero-order valence-electron chi connectivity index (χ0n) is 19.9. The van der Waals surface area contributed by atoms with Crippen molar-refractivity contribution in [1.82, 2.24) is 10.3 Å². The molecular weight excluding hydrogens is 479 g/mol. The maximum absolute atomic E-state index is 16.1. The van der Waals surface area contributed by atoms with Crippen LogP contribution in [0.25, 0.3) is 22.6 Å². The van der Waals surface area contributed by atoms with Crippen molar-refractivity contribution in [2.75, 3.05) is 29.5 Å². The number of halogens is 1. The van der Waals surface area contributed by atoms with E-state index < -0.39 is 33.2 Å². The zero-order valence-corrected chi connectivity index (χ0v) is 20.7. The highest BCUT2D eigenvalue weighted by Crippen LogP contribution is 2.45. The van der Waals surface area contributed by atoms with Crippen molar-refractivity contribution in [3.63, 3.8) is 0 Å². The fourth-order valence-corrected chi connectivity index (χ4v) is 4.45. The number of hydrogen-bond acceptors (Lipinski definition) is 7. The van der Waals surface area contributed by atoms with Crippen molar-refractivity contribution in [2.24, 2.45) is 0 Å². The van der Waals surface area contributed by atoms with E-state index in [-0.39, 0.29) is 41.5 Å². The number of nitrogens with zero attached hydrogens (tertiary/aromatic N) is 2. The van der Waals surface area contributed by atoms with Crippen LogP contribution in [0.15, 0.2) is 28.7 Å². The van der Waals surface area contributed by atoms with Gasteiger partial charge in [0.2, 0.25) is 21.8 Å². The number of urea groups is 1. The Morgan fingerprint density at radius 3 is 2.54 bits per heavy atom. The lowest BCUT2D eigenvalue weighted by Crippen LogP contribution is -2.50. The minimum absolute atomic E-state index is 0.00498. The molecule has 0 radical (unpaired) electrons. The molecule has 0 bridgehead atoms. The topological polar surface area (TPSA) is 131 Å². The predicted octanol–water partition coefficient (Wildman–Crippen LogP) is 3.76. The first-order chi connectivity index (χ1) is 16.3. The van der Waals surface area contributed by atoms with E-state index in [9.17, 15) is 18.0 Å². The summed E-state index contributed by atoms with van der Waals surface area (Å²) in [4.78, 5) is 29.7. The maximum atomic E-state index is 16.1. The molecule has 0 atom stereocenters. The van der Waals surface area contributed by atoms with Crippen LogP contribution in [0.5, 0.6) is 5.75 Å². The highest BCUT2D eigenvalue weighted by molar-refractivity contribution is 7.92. The number of amides is 3. The molecule has 10 nitrogen and oxygen atoms in total. The van der Waals surface area contributed by atoms with Crippen molar-refractivity contribution >= 4 is 44.4 Å². The zero-order chi connectivity index (χ0) is 25.7. The Balaban J connectivity index is 1.94. The summed E-state index contributed by atoms with van der Waals surface area (Å²) < 4.78 is 53.0. The summed E-state index contributed by atoms with van der Waals surface area (Å²) in [6, 6.07) is 5.28. The first kappa shape index (κ1) is 24.5. The second-order valence-electron chi connectivity index (χ2n) is 9.25. The number of sulfonamides is 1. The molecule has 0 saturated carbocycles. The third kappa shape index (κ3) is 4.78. The van der Waals surface area contributed by atoms with Crippen LogP contribution < -0.4 is 19.7 Å². The molecule has 3 amide bonds. The van der Waals surface area contributed by atoms with Crippen LogP contribution in [0.3, 0.4) is 0 Å². The van der Waals surface area contributed by atoms with Gasteiger partial charge in [-0.3, -0.25) is 19.7 Å². The number of nitrogens with one attached hydrogen (secondary N) is 2. The van der Waals surface area contributed by atoms with E-state index in [1.165, 1.54) is 31.4 Å². The van der Waals surface area contributed by atoms with Gasteiger partial charge in [-0.2, -0.15) is 0 Å². The number of rotatable bonds is 5. The fourth-order valence-electron chi connectivity index (χ4n) is 3.89. The van der Waals surface area contributed by atoms with Crippen LogP contribution in [-0.2, 0) is 20.2 Å². The average molecular weight is 505 g/mol. The molecule has 0 unspecified atom stereocenters. The van der Waals surface area contributed by atoms with Gasteiger partial charge in [0.1, 0.15) is 16.8 Å². The normalized spacial score (nSPS) is 14.9. The van der Waals surface area contributed by atoms with Crippen LogP contribution in [0.1, 0.15) is 32.8 Å². The summed E-state index contributed by atoms with van der Waals surface area (Å²) in [7, 11) is -2.11. The Labute approximate surface area is 201 Å². The number of carbonyl (C=O) groups excluding carboxylic acids is 2. The number of oxazole rings is 1. The standard InChI is InChI=1S/C23H25FN4O6S/c1-23(2,3)13-11-15(28-9-8-17(29)26-22(28)30)19(24)18(20(13)33-4)21-25-14-10-12(27-35(5,31)32)6-7-16(14)34-21/h6-7,10-11,27H,8-9H2,1-5H3,(H,26,29,30). The molecular formula is C23H25FN4O6S. The van der Waals surface area contributed by atoms with Gasteiger partial charge in [-0.05, 0) is 29.7 Å². The summed E-state index contributed by atoms with van der Waals surface area (Å²) in [5, 5.41) is 2.20. The summed E-state index contributed by atoms with van der Waals surface area (Å²) in [5.74, 6) is -1.16. The lowest BCUT2D eigenvalue weighted by atomic mass is 9.84. The fraction of sp³-hybridized carbons (Fsp3) is 0.348. The van der Waals surface area contributed by atoms with Gasteiger partial charge >= 0.3 is 6.03 Å². The van der Waals surface area contributed by atoms with Crippen molar-refractivity contribution < 1.29 is 31.6 Å². The van der Waals surface area contributed by atoms with Crippen LogP contribution in [0, 0.1) is 5.82 Å². The molecule has 0 spiro atoms. The molecule has 2 N–H and O–H groups in total. The first-order valence-electron chi connectivity index (χ1n) is 10.7. The molecule has 0 aliphatic carbocycles. The highest BCUT2D eigenvalue weighted by Gasteiger charge is 2.34. The Hall–Kier alpha value is -3.67. The minimum Gasteiger partial charge on any atom is -0.495 e. The number of methoxy groups -OCH3 is 1. The van der Waals surface area contributed by atoms with Gasteiger partial charge in [-0.25, -0.2) is 22.6 Å². The van der Waals surface area contributed by atoms with Crippen molar-refractivity contribution in [2.45, 2.75) is 32.6 Å². The van der Waals surface area contributed by atoms with Crippen LogP contribution >= 0.6 is 0 Å².